The molecule has 1 saturated carbocycles. The van der Waals surface area contributed by atoms with Gasteiger partial charge in [-0.3, -0.25) is 9.59 Å². The molecule has 2 aliphatic carbocycles. The van der Waals surface area contributed by atoms with E-state index < -0.39 is 6.04 Å². The van der Waals surface area contributed by atoms with Gasteiger partial charge in [0, 0.05) is 12.6 Å². The molecule has 6 heteroatoms. The first-order chi connectivity index (χ1) is 16.2. The van der Waals surface area contributed by atoms with Gasteiger partial charge in [-0.1, -0.05) is 36.6 Å². The van der Waals surface area contributed by atoms with Gasteiger partial charge in [-0.05, 0) is 74.8 Å². The lowest BCUT2D eigenvalue weighted by molar-refractivity contribution is -0.126. The molecule has 1 heterocycles. The number of benzene rings is 1. The van der Waals surface area contributed by atoms with Crippen LogP contribution < -0.4 is 10.1 Å². The van der Waals surface area contributed by atoms with Gasteiger partial charge in [0.05, 0.1) is 13.4 Å². The molecular formula is C27H34N2O4. The minimum Gasteiger partial charge on any atom is -0.497 e. The molecule has 6 nitrogen and oxygen atoms in total. The Morgan fingerprint density at radius 3 is 2.55 bits per heavy atom. The monoisotopic (exact) mass is 450 g/mol. The van der Waals surface area contributed by atoms with E-state index in [9.17, 15) is 9.59 Å². The number of nitrogens with one attached hydrogen (secondary N) is 1. The average Bonchev–Trinajstić information content (AvgIpc) is 3.57. The van der Waals surface area contributed by atoms with Gasteiger partial charge in [-0.2, -0.15) is 0 Å². The molecule has 1 fully saturated rings. The van der Waals surface area contributed by atoms with E-state index in [4.69, 9.17) is 9.15 Å². The van der Waals surface area contributed by atoms with Crippen molar-refractivity contribution in [2.24, 2.45) is 0 Å². The Hall–Kier alpha value is -3.02. The zero-order valence-corrected chi connectivity index (χ0v) is 19.4. The largest absolute Gasteiger partial charge is 0.497 e. The maximum Gasteiger partial charge on any atom is 0.290 e. The highest BCUT2D eigenvalue weighted by atomic mass is 16.5. The molecule has 1 unspecified atom stereocenters. The molecule has 2 aliphatic rings. The number of hydrogen-bond donors (Lipinski definition) is 1. The van der Waals surface area contributed by atoms with Crippen LogP contribution in [0.3, 0.4) is 0 Å². The fourth-order valence-electron chi connectivity index (χ4n) is 4.89. The molecular weight excluding hydrogens is 416 g/mol. The minimum absolute atomic E-state index is 0.135. The SMILES string of the molecule is COc1ccc(C(C(=O)NC2CCCC2)N(CCC2=CCCCC2)C(=O)c2ccco2)cc1. The smallest absolute Gasteiger partial charge is 0.290 e. The molecule has 176 valence electrons. The second-order valence-corrected chi connectivity index (χ2v) is 9.00. The molecule has 1 atom stereocenters. The van der Waals surface area contributed by atoms with E-state index in [1.165, 1.54) is 24.7 Å². The lowest BCUT2D eigenvalue weighted by Crippen LogP contribution is -2.46. The van der Waals surface area contributed by atoms with Gasteiger partial charge in [0.25, 0.3) is 5.91 Å². The minimum atomic E-state index is -0.738. The summed E-state index contributed by atoms with van der Waals surface area (Å²) < 4.78 is 10.8. The summed E-state index contributed by atoms with van der Waals surface area (Å²) in [5.74, 6) is 0.563. The fraction of sp³-hybridized carbons (Fsp3) is 0.481. The maximum atomic E-state index is 13.6. The van der Waals surface area contributed by atoms with E-state index in [2.05, 4.69) is 11.4 Å². The van der Waals surface area contributed by atoms with E-state index in [1.54, 1.807) is 24.1 Å². The van der Waals surface area contributed by atoms with Crippen LogP contribution in [-0.2, 0) is 4.79 Å². The molecule has 0 saturated heterocycles. The van der Waals surface area contributed by atoms with Gasteiger partial charge < -0.3 is 19.4 Å². The molecule has 4 rings (SSSR count). The van der Waals surface area contributed by atoms with E-state index in [0.29, 0.717) is 12.3 Å². The Kier molecular flexibility index (Phi) is 7.87. The van der Waals surface area contributed by atoms with E-state index in [0.717, 1.165) is 50.5 Å². The van der Waals surface area contributed by atoms with Gasteiger partial charge in [0.2, 0.25) is 5.91 Å². The molecule has 2 aromatic rings. The lowest BCUT2D eigenvalue weighted by atomic mass is 9.96. The predicted octanol–water partition coefficient (Wildman–Crippen LogP) is 5.42. The Morgan fingerprint density at radius 2 is 1.91 bits per heavy atom. The van der Waals surface area contributed by atoms with E-state index in [-0.39, 0.29) is 23.6 Å². The van der Waals surface area contributed by atoms with Crippen molar-refractivity contribution in [3.8, 4) is 5.75 Å². The normalized spacial score (nSPS) is 17.3. The van der Waals surface area contributed by atoms with Gasteiger partial charge in [0.1, 0.15) is 11.8 Å². The van der Waals surface area contributed by atoms with Crippen LogP contribution in [0.15, 0.2) is 58.7 Å². The number of methoxy groups -OCH3 is 1. The Bertz CT molecular complexity index is 943. The van der Waals surface area contributed by atoms with Gasteiger partial charge in [-0.15, -0.1) is 0 Å². The fourth-order valence-corrected chi connectivity index (χ4v) is 4.89. The van der Waals surface area contributed by atoms with Crippen LogP contribution in [0.5, 0.6) is 5.75 Å². The second kappa shape index (κ2) is 11.2. The summed E-state index contributed by atoms with van der Waals surface area (Å²) in [7, 11) is 1.62. The summed E-state index contributed by atoms with van der Waals surface area (Å²) in [4.78, 5) is 28.9. The number of allylic oxidation sites excluding steroid dienone is 1. The second-order valence-electron chi connectivity index (χ2n) is 9.00. The molecule has 1 aromatic heterocycles. The van der Waals surface area contributed by atoms with Crippen molar-refractivity contribution in [1.82, 2.24) is 10.2 Å². The molecule has 33 heavy (non-hydrogen) atoms. The van der Waals surface area contributed by atoms with Crippen molar-refractivity contribution in [2.45, 2.75) is 69.9 Å². The van der Waals surface area contributed by atoms with Crippen molar-refractivity contribution < 1.29 is 18.7 Å². The van der Waals surface area contributed by atoms with Crippen molar-refractivity contribution in [3.05, 3.63) is 65.6 Å². The van der Waals surface area contributed by atoms with E-state index >= 15 is 0 Å². The standard InChI is InChI=1S/C27H34N2O4/c1-32-23-15-13-21(14-16-23)25(26(30)28-22-10-5-6-11-22)29(27(31)24-12-7-19-33-24)18-17-20-8-3-2-4-9-20/h7-8,12-16,19,22,25H,2-6,9-11,17-18H2,1H3,(H,28,30). The first-order valence-electron chi connectivity index (χ1n) is 12.1. The summed E-state index contributed by atoms with van der Waals surface area (Å²) in [5.41, 5.74) is 2.13. The van der Waals surface area contributed by atoms with Gasteiger partial charge >= 0.3 is 0 Å². The first kappa shape index (κ1) is 23.1. The number of hydrogen-bond acceptors (Lipinski definition) is 4. The number of rotatable bonds is 9. The lowest BCUT2D eigenvalue weighted by Gasteiger charge is -2.32. The number of furan rings is 1. The van der Waals surface area contributed by atoms with Crippen LogP contribution in [0, 0.1) is 0 Å². The number of amides is 2. The molecule has 0 spiro atoms. The van der Waals surface area contributed by atoms with E-state index in [1.807, 2.05) is 24.3 Å². The van der Waals surface area contributed by atoms with Crippen molar-refractivity contribution in [1.29, 1.82) is 0 Å². The van der Waals surface area contributed by atoms with Crippen molar-refractivity contribution >= 4 is 11.8 Å². The summed E-state index contributed by atoms with van der Waals surface area (Å²) >= 11 is 0. The molecule has 0 aliphatic heterocycles. The zero-order chi connectivity index (χ0) is 23.0. The third-order valence-corrected chi connectivity index (χ3v) is 6.74. The zero-order valence-electron chi connectivity index (χ0n) is 19.4. The summed E-state index contributed by atoms with van der Waals surface area (Å²) in [6, 6.07) is 10.2. The topological polar surface area (TPSA) is 71.8 Å². The van der Waals surface area contributed by atoms with Crippen molar-refractivity contribution in [3.63, 3.8) is 0 Å². The van der Waals surface area contributed by atoms with Crippen molar-refractivity contribution in [2.75, 3.05) is 13.7 Å². The Balaban J connectivity index is 1.65. The summed E-state index contributed by atoms with van der Waals surface area (Å²) in [5, 5.41) is 3.22. The van der Waals surface area contributed by atoms with Crippen LogP contribution in [0.1, 0.15) is 79.9 Å². The third kappa shape index (κ3) is 5.86. The molecule has 1 aromatic carbocycles. The van der Waals surface area contributed by atoms with Gasteiger partial charge in [-0.25, -0.2) is 0 Å². The first-order valence-corrected chi connectivity index (χ1v) is 12.1. The highest BCUT2D eigenvalue weighted by Crippen LogP contribution is 2.29. The summed E-state index contributed by atoms with van der Waals surface area (Å²) in [6.07, 6.45) is 13.3. The Labute approximate surface area is 196 Å². The summed E-state index contributed by atoms with van der Waals surface area (Å²) in [6.45, 7) is 0.458. The van der Waals surface area contributed by atoms with Crippen LogP contribution in [-0.4, -0.2) is 36.4 Å². The maximum absolute atomic E-state index is 13.6. The number of carbonyl (C=O) groups excluding carboxylic acids is 2. The highest BCUT2D eigenvalue weighted by Gasteiger charge is 2.34. The quantitative estimate of drug-likeness (QED) is 0.518. The molecule has 2 amide bonds. The molecule has 1 N–H and O–H groups in total. The molecule has 0 radical (unpaired) electrons. The van der Waals surface area contributed by atoms with Crippen LogP contribution in [0.25, 0.3) is 0 Å². The van der Waals surface area contributed by atoms with Crippen LogP contribution >= 0.6 is 0 Å². The van der Waals surface area contributed by atoms with Crippen LogP contribution in [0.2, 0.25) is 0 Å². The Morgan fingerprint density at radius 1 is 1.12 bits per heavy atom. The highest BCUT2D eigenvalue weighted by molar-refractivity contribution is 5.96. The third-order valence-electron chi connectivity index (χ3n) is 6.74. The number of nitrogens with zero attached hydrogens (tertiary/aromatic N) is 1. The predicted molar refractivity (Wildman–Crippen MR) is 127 cm³/mol. The van der Waals surface area contributed by atoms with Gasteiger partial charge in [0.15, 0.2) is 5.76 Å². The van der Waals surface area contributed by atoms with Crippen LogP contribution in [0.4, 0.5) is 0 Å². The number of ether oxygens (including phenoxy) is 1. The molecule has 0 bridgehead atoms. The number of carbonyl (C=O) groups is 2. The average molecular weight is 451 g/mol.